The van der Waals surface area contributed by atoms with Crippen LogP contribution in [-0.2, 0) is 11.3 Å². The van der Waals surface area contributed by atoms with Crippen LogP contribution >= 0.6 is 0 Å². The third-order valence-corrected chi connectivity index (χ3v) is 6.91. The highest BCUT2D eigenvalue weighted by molar-refractivity contribution is 5.99. The number of hydrogen-bond acceptors (Lipinski definition) is 6. The van der Waals surface area contributed by atoms with Crippen molar-refractivity contribution in [2.24, 2.45) is 5.41 Å². The molecule has 0 unspecified atom stereocenters. The van der Waals surface area contributed by atoms with Gasteiger partial charge in [0, 0.05) is 31.9 Å². The first kappa shape index (κ1) is 24.0. The number of nitrogens with one attached hydrogen (secondary N) is 2. The summed E-state index contributed by atoms with van der Waals surface area (Å²) in [7, 11) is 5.08. The summed E-state index contributed by atoms with van der Waals surface area (Å²) in [5.74, 6) is 1.46. The van der Waals surface area contributed by atoms with Gasteiger partial charge >= 0.3 is 0 Å². The summed E-state index contributed by atoms with van der Waals surface area (Å²) in [5.41, 5.74) is 3.10. The summed E-state index contributed by atoms with van der Waals surface area (Å²) in [6.45, 7) is 3.28. The minimum Gasteiger partial charge on any atom is -0.480 e. The summed E-state index contributed by atoms with van der Waals surface area (Å²) < 4.78 is 33.4. The number of ether oxygens (including phenoxy) is 1. The molecule has 1 aliphatic rings. The van der Waals surface area contributed by atoms with E-state index in [2.05, 4.69) is 25.3 Å². The smallest absolute Gasteiger partial charge is 0.256 e. The molecule has 1 aromatic carbocycles. The fourth-order valence-electron chi connectivity index (χ4n) is 5.25. The lowest BCUT2D eigenvalue weighted by Gasteiger charge is -2.45. The van der Waals surface area contributed by atoms with Crippen LogP contribution in [0.1, 0.15) is 25.6 Å². The van der Waals surface area contributed by atoms with Crippen LogP contribution in [0.5, 0.6) is 5.88 Å². The Balaban J connectivity index is 1.46. The second-order valence-electron chi connectivity index (χ2n) is 9.86. The summed E-state index contributed by atoms with van der Waals surface area (Å²) in [6.07, 6.45) is 0.709. The van der Waals surface area contributed by atoms with Gasteiger partial charge in [0.15, 0.2) is 0 Å². The van der Waals surface area contributed by atoms with E-state index < -0.39 is 13.0 Å². The fourth-order valence-corrected chi connectivity index (χ4v) is 5.25. The number of carbonyl (C=O) groups is 1. The quantitative estimate of drug-likeness (QED) is 0.396. The van der Waals surface area contributed by atoms with Crippen LogP contribution in [0.15, 0.2) is 24.4 Å². The largest absolute Gasteiger partial charge is 0.480 e. The van der Waals surface area contributed by atoms with Gasteiger partial charge < -0.3 is 24.5 Å². The summed E-state index contributed by atoms with van der Waals surface area (Å²) >= 11 is 0. The van der Waals surface area contributed by atoms with Gasteiger partial charge in [-0.05, 0) is 37.5 Å². The number of alkyl halides is 2. The molecule has 36 heavy (non-hydrogen) atoms. The van der Waals surface area contributed by atoms with Gasteiger partial charge in [0.25, 0.3) is 6.43 Å². The number of H-pyrrole nitrogens is 1. The lowest BCUT2D eigenvalue weighted by Crippen LogP contribution is -2.52. The van der Waals surface area contributed by atoms with Crippen molar-refractivity contribution in [1.82, 2.24) is 29.4 Å². The number of halogens is 2. The second kappa shape index (κ2) is 8.72. The van der Waals surface area contributed by atoms with Crippen LogP contribution in [0.4, 0.5) is 14.7 Å². The van der Waals surface area contributed by atoms with E-state index in [1.165, 1.54) is 4.57 Å². The number of methoxy groups -OCH3 is 1. The van der Waals surface area contributed by atoms with E-state index in [0.717, 1.165) is 11.1 Å². The molecule has 1 aliphatic carbocycles. The minimum atomic E-state index is -2.48. The number of aromatic amines is 1. The Hall–Kier alpha value is -3.76. The summed E-state index contributed by atoms with van der Waals surface area (Å²) in [6, 6.07) is 5.65. The third-order valence-electron chi connectivity index (χ3n) is 6.91. The van der Waals surface area contributed by atoms with E-state index in [0.29, 0.717) is 52.6 Å². The van der Waals surface area contributed by atoms with Gasteiger partial charge in [0.05, 0.1) is 35.5 Å². The van der Waals surface area contributed by atoms with E-state index in [4.69, 9.17) is 4.74 Å². The van der Waals surface area contributed by atoms with E-state index >= 15 is 0 Å². The number of carbonyl (C=O) groups excluding carboxylic acids is 1. The number of fused-ring (bicyclic) bond motifs is 2. The molecule has 1 fully saturated rings. The molecule has 190 valence electrons. The molecule has 3 aromatic heterocycles. The molecule has 0 bridgehead atoms. The number of imidazole rings is 1. The zero-order valence-corrected chi connectivity index (χ0v) is 20.9. The van der Waals surface area contributed by atoms with Crippen LogP contribution in [0.25, 0.3) is 33.2 Å². The first-order valence-electron chi connectivity index (χ1n) is 11.8. The average molecular weight is 498 g/mol. The number of nitrogens with zero attached hydrogens (tertiary/aromatic N) is 5. The molecule has 3 heterocycles. The second-order valence-corrected chi connectivity index (χ2v) is 9.86. The number of hydrogen-bond donors (Lipinski definition) is 2. The zero-order valence-electron chi connectivity index (χ0n) is 20.9. The first-order valence-corrected chi connectivity index (χ1v) is 11.8. The van der Waals surface area contributed by atoms with Gasteiger partial charge in [-0.2, -0.15) is 9.97 Å². The molecular weight excluding hydrogens is 468 g/mol. The molecule has 0 spiro atoms. The van der Waals surface area contributed by atoms with Crippen LogP contribution in [0.2, 0.25) is 0 Å². The number of aryl methyl sites for hydroxylation is 1. The molecule has 9 nitrogen and oxygen atoms in total. The molecule has 5 rings (SSSR count). The predicted octanol–water partition coefficient (Wildman–Crippen LogP) is 4.23. The number of anilines is 1. The Bertz CT molecular complexity index is 1450. The molecule has 0 saturated heterocycles. The van der Waals surface area contributed by atoms with E-state index in [-0.39, 0.29) is 17.4 Å². The van der Waals surface area contributed by atoms with E-state index in [9.17, 15) is 13.6 Å². The fraction of sp³-hybridized carbons (Fsp3) is 0.440. The van der Waals surface area contributed by atoms with Crippen LogP contribution in [0.3, 0.4) is 0 Å². The Labute approximate surface area is 206 Å². The SMILES string of the molecule is COc1nc(N[C@H]2C[C@@](C)(C(=O)N(C)C)C2)nc2[nH]cc(-c3ccc4nc(C)n(CC(F)F)c4c3)c12. The van der Waals surface area contributed by atoms with Gasteiger partial charge in [-0.25, -0.2) is 13.8 Å². The lowest BCUT2D eigenvalue weighted by molar-refractivity contribution is -0.143. The van der Waals surface area contributed by atoms with Gasteiger partial charge in [0.2, 0.25) is 17.7 Å². The van der Waals surface area contributed by atoms with Crippen LogP contribution in [0, 0.1) is 12.3 Å². The van der Waals surface area contributed by atoms with Crippen molar-refractivity contribution in [3.8, 4) is 17.0 Å². The van der Waals surface area contributed by atoms with Crippen molar-refractivity contribution in [1.29, 1.82) is 0 Å². The van der Waals surface area contributed by atoms with Crippen LogP contribution < -0.4 is 10.1 Å². The topological polar surface area (TPSA) is 101 Å². The lowest BCUT2D eigenvalue weighted by atomic mass is 9.66. The van der Waals surface area contributed by atoms with Crippen molar-refractivity contribution in [2.45, 2.75) is 45.7 Å². The maximum atomic E-state index is 13.2. The predicted molar refractivity (Wildman–Crippen MR) is 133 cm³/mol. The van der Waals surface area contributed by atoms with Crippen molar-refractivity contribution in [2.75, 3.05) is 26.5 Å². The highest BCUT2D eigenvalue weighted by Crippen LogP contribution is 2.43. The maximum absolute atomic E-state index is 13.2. The number of rotatable bonds is 7. The molecule has 1 saturated carbocycles. The molecule has 2 N–H and O–H groups in total. The van der Waals surface area contributed by atoms with Crippen molar-refractivity contribution >= 4 is 33.9 Å². The normalized spacial score (nSPS) is 19.6. The van der Waals surface area contributed by atoms with Crippen LogP contribution in [-0.4, -0.2) is 69.0 Å². The maximum Gasteiger partial charge on any atom is 0.256 e. The number of benzene rings is 1. The van der Waals surface area contributed by atoms with Gasteiger partial charge in [-0.15, -0.1) is 0 Å². The number of aromatic nitrogens is 5. The Morgan fingerprint density at radius 2 is 2.06 bits per heavy atom. The van der Waals surface area contributed by atoms with E-state index in [1.807, 2.05) is 31.3 Å². The van der Waals surface area contributed by atoms with Crippen molar-refractivity contribution in [3.05, 3.63) is 30.2 Å². The highest BCUT2D eigenvalue weighted by Gasteiger charge is 2.47. The molecule has 1 amide bonds. The van der Waals surface area contributed by atoms with E-state index in [1.54, 1.807) is 33.0 Å². The van der Waals surface area contributed by atoms with Gasteiger partial charge in [0.1, 0.15) is 11.5 Å². The minimum absolute atomic E-state index is 0.0799. The molecule has 11 heteroatoms. The Morgan fingerprint density at radius 3 is 2.72 bits per heavy atom. The molecule has 4 aromatic rings. The Kier molecular flexibility index (Phi) is 5.80. The van der Waals surface area contributed by atoms with Gasteiger partial charge in [-0.1, -0.05) is 13.0 Å². The standard InChI is InChI=1S/C25H29F2N7O2/c1-13-29-17-7-6-14(8-18(17)34(13)12-19(26)27)16-11-28-21-20(16)22(36-5)32-24(31-21)30-15-9-25(2,10-15)23(35)33(3)4/h6-8,11,15,19H,9-10,12H2,1-5H3,(H2,28,30,31,32)/t15-,25+. The monoisotopic (exact) mass is 497 g/mol. The van der Waals surface area contributed by atoms with Crippen molar-refractivity contribution < 1.29 is 18.3 Å². The average Bonchev–Trinajstić information content (AvgIpc) is 3.37. The Morgan fingerprint density at radius 1 is 1.31 bits per heavy atom. The first-order chi connectivity index (χ1) is 17.1. The zero-order chi connectivity index (χ0) is 25.8. The summed E-state index contributed by atoms with van der Waals surface area (Å²) in [5, 5.41) is 4.01. The van der Waals surface area contributed by atoms with Gasteiger partial charge in [-0.3, -0.25) is 4.79 Å². The highest BCUT2D eigenvalue weighted by atomic mass is 19.3. The summed E-state index contributed by atoms with van der Waals surface area (Å²) in [4.78, 5) is 30.8. The molecule has 0 atom stereocenters. The third kappa shape index (κ3) is 4.02. The van der Waals surface area contributed by atoms with Crippen molar-refractivity contribution in [3.63, 3.8) is 0 Å². The number of amides is 1. The molecule has 0 aliphatic heterocycles. The molecular formula is C25H29F2N7O2. The molecule has 0 radical (unpaired) electrons.